The Bertz CT molecular complexity index is 371. The van der Waals surface area contributed by atoms with Crippen molar-refractivity contribution in [1.82, 2.24) is 5.32 Å². The topological polar surface area (TPSA) is 38.0 Å². The summed E-state index contributed by atoms with van der Waals surface area (Å²) < 4.78 is 0. The van der Waals surface area contributed by atoms with E-state index in [1.54, 1.807) is 0 Å². The van der Waals surface area contributed by atoms with Crippen LogP contribution >= 0.6 is 0 Å². The third-order valence-electron chi connectivity index (χ3n) is 3.45. The number of fused-ring (bicyclic) bond motifs is 1. The Morgan fingerprint density at radius 1 is 1.41 bits per heavy atom. The molecule has 0 heterocycles. The van der Waals surface area contributed by atoms with Crippen molar-refractivity contribution in [2.45, 2.75) is 45.7 Å². The molecule has 0 spiro atoms. The minimum atomic E-state index is 0.261. The number of hydrogen-bond acceptors (Lipinski definition) is 2. The lowest BCUT2D eigenvalue weighted by Gasteiger charge is -2.22. The molecule has 1 aromatic rings. The van der Waals surface area contributed by atoms with Crippen molar-refractivity contribution in [1.29, 1.82) is 0 Å². The van der Waals surface area contributed by atoms with Crippen LogP contribution < -0.4 is 11.1 Å². The molecule has 1 atom stereocenters. The van der Waals surface area contributed by atoms with Gasteiger partial charge in [-0.15, -0.1) is 0 Å². The second-order valence-corrected chi connectivity index (χ2v) is 5.56. The molecular formula is C15H24N2. The monoisotopic (exact) mass is 232 g/mol. The van der Waals surface area contributed by atoms with Crippen LogP contribution in [0.4, 0.5) is 0 Å². The van der Waals surface area contributed by atoms with E-state index in [-0.39, 0.29) is 6.04 Å². The van der Waals surface area contributed by atoms with Crippen molar-refractivity contribution in [3.8, 4) is 0 Å². The predicted octanol–water partition coefficient (Wildman–Crippen LogP) is 2.77. The van der Waals surface area contributed by atoms with Gasteiger partial charge in [0, 0.05) is 12.6 Å². The van der Waals surface area contributed by atoms with Gasteiger partial charge >= 0.3 is 0 Å². The summed E-state index contributed by atoms with van der Waals surface area (Å²) in [6, 6.07) is 7.04. The van der Waals surface area contributed by atoms with Crippen LogP contribution in [0.3, 0.4) is 0 Å². The van der Waals surface area contributed by atoms with Crippen LogP contribution in [-0.2, 0) is 13.0 Å². The first kappa shape index (κ1) is 12.6. The minimum absolute atomic E-state index is 0.261. The van der Waals surface area contributed by atoms with Gasteiger partial charge in [-0.25, -0.2) is 0 Å². The van der Waals surface area contributed by atoms with Gasteiger partial charge in [0.05, 0.1) is 0 Å². The maximum Gasteiger partial charge on any atom is 0.0297 e. The number of hydrogen-bond donors (Lipinski definition) is 2. The summed E-state index contributed by atoms with van der Waals surface area (Å²) in [4.78, 5) is 0. The third-order valence-corrected chi connectivity index (χ3v) is 3.45. The standard InChI is InChI=1S/C15H24N2/c1-11(2)9-17-10-12-6-7-14-13(8-12)4-3-5-15(14)16/h6-8,11,15,17H,3-5,9-10,16H2,1-2H3. The number of nitrogens with two attached hydrogens (primary N) is 1. The minimum Gasteiger partial charge on any atom is -0.324 e. The molecule has 2 nitrogen and oxygen atoms in total. The van der Waals surface area contributed by atoms with Crippen LogP contribution in [0.15, 0.2) is 18.2 Å². The fourth-order valence-electron chi connectivity index (χ4n) is 2.52. The second-order valence-electron chi connectivity index (χ2n) is 5.56. The van der Waals surface area contributed by atoms with Crippen molar-refractivity contribution in [3.05, 3.63) is 34.9 Å². The lowest BCUT2D eigenvalue weighted by atomic mass is 9.87. The molecule has 0 fully saturated rings. The molecule has 0 saturated carbocycles. The van der Waals surface area contributed by atoms with Crippen LogP contribution in [0.5, 0.6) is 0 Å². The van der Waals surface area contributed by atoms with E-state index in [0.717, 1.165) is 19.5 Å². The van der Waals surface area contributed by atoms with Crippen LogP contribution in [0.25, 0.3) is 0 Å². The SMILES string of the molecule is CC(C)CNCc1ccc2c(c1)CCCC2N. The Labute approximate surface area is 105 Å². The van der Waals surface area contributed by atoms with Crippen LogP contribution in [0.1, 0.15) is 49.4 Å². The number of rotatable bonds is 4. The summed E-state index contributed by atoms with van der Waals surface area (Å²) in [6.07, 6.45) is 3.57. The zero-order valence-corrected chi connectivity index (χ0v) is 11.0. The molecule has 1 unspecified atom stereocenters. The van der Waals surface area contributed by atoms with E-state index in [2.05, 4.69) is 37.4 Å². The van der Waals surface area contributed by atoms with Gasteiger partial charge in [-0.3, -0.25) is 0 Å². The maximum absolute atomic E-state index is 6.12. The van der Waals surface area contributed by atoms with Gasteiger partial charge in [-0.2, -0.15) is 0 Å². The summed E-state index contributed by atoms with van der Waals surface area (Å²) in [7, 11) is 0. The Morgan fingerprint density at radius 3 is 3.00 bits per heavy atom. The largest absolute Gasteiger partial charge is 0.324 e. The van der Waals surface area contributed by atoms with E-state index in [1.807, 2.05) is 0 Å². The van der Waals surface area contributed by atoms with Crippen LogP contribution in [0, 0.1) is 5.92 Å². The first-order chi connectivity index (χ1) is 8.16. The zero-order valence-electron chi connectivity index (χ0n) is 11.0. The molecule has 17 heavy (non-hydrogen) atoms. The molecule has 0 amide bonds. The van der Waals surface area contributed by atoms with Gasteiger partial charge < -0.3 is 11.1 Å². The lowest BCUT2D eigenvalue weighted by Crippen LogP contribution is -2.20. The summed E-state index contributed by atoms with van der Waals surface area (Å²) in [6.45, 7) is 6.52. The molecule has 2 rings (SSSR count). The van der Waals surface area contributed by atoms with Crippen LogP contribution in [-0.4, -0.2) is 6.54 Å². The van der Waals surface area contributed by atoms with Crippen molar-refractivity contribution in [3.63, 3.8) is 0 Å². The molecule has 94 valence electrons. The Balaban J connectivity index is 2.01. The van der Waals surface area contributed by atoms with E-state index < -0.39 is 0 Å². The van der Waals surface area contributed by atoms with E-state index >= 15 is 0 Å². The number of aryl methyl sites for hydroxylation is 1. The fourth-order valence-corrected chi connectivity index (χ4v) is 2.52. The van der Waals surface area contributed by atoms with Crippen molar-refractivity contribution >= 4 is 0 Å². The second kappa shape index (κ2) is 5.65. The van der Waals surface area contributed by atoms with Gasteiger partial charge in [0.15, 0.2) is 0 Å². The quantitative estimate of drug-likeness (QED) is 0.837. The molecule has 1 aliphatic carbocycles. The molecule has 1 aliphatic rings. The summed E-state index contributed by atoms with van der Waals surface area (Å²) in [5.41, 5.74) is 10.3. The highest BCUT2D eigenvalue weighted by molar-refractivity contribution is 5.35. The Kier molecular flexibility index (Phi) is 4.19. The third kappa shape index (κ3) is 3.30. The van der Waals surface area contributed by atoms with Gasteiger partial charge in [0.2, 0.25) is 0 Å². The highest BCUT2D eigenvalue weighted by atomic mass is 14.8. The van der Waals surface area contributed by atoms with Crippen molar-refractivity contribution < 1.29 is 0 Å². The van der Waals surface area contributed by atoms with Gasteiger partial charge in [-0.1, -0.05) is 32.0 Å². The summed E-state index contributed by atoms with van der Waals surface area (Å²) in [5, 5.41) is 3.49. The molecule has 1 aromatic carbocycles. The molecule has 0 aromatic heterocycles. The smallest absolute Gasteiger partial charge is 0.0297 e. The van der Waals surface area contributed by atoms with E-state index in [1.165, 1.54) is 29.5 Å². The Morgan fingerprint density at radius 2 is 2.24 bits per heavy atom. The summed E-state index contributed by atoms with van der Waals surface area (Å²) in [5.74, 6) is 0.709. The predicted molar refractivity (Wildman–Crippen MR) is 72.9 cm³/mol. The summed E-state index contributed by atoms with van der Waals surface area (Å²) >= 11 is 0. The van der Waals surface area contributed by atoms with Crippen molar-refractivity contribution in [2.24, 2.45) is 11.7 Å². The molecule has 2 heteroatoms. The molecular weight excluding hydrogens is 208 g/mol. The zero-order chi connectivity index (χ0) is 12.3. The van der Waals surface area contributed by atoms with E-state index in [4.69, 9.17) is 5.73 Å². The molecule has 0 radical (unpaired) electrons. The molecule has 0 aliphatic heterocycles. The molecule has 0 saturated heterocycles. The number of nitrogens with one attached hydrogen (secondary N) is 1. The normalized spacial score (nSPS) is 19.4. The van der Waals surface area contributed by atoms with Crippen molar-refractivity contribution in [2.75, 3.05) is 6.54 Å². The first-order valence-electron chi connectivity index (χ1n) is 6.75. The first-order valence-corrected chi connectivity index (χ1v) is 6.75. The molecule has 0 bridgehead atoms. The fraction of sp³-hybridized carbons (Fsp3) is 0.600. The maximum atomic E-state index is 6.12. The highest BCUT2D eigenvalue weighted by Gasteiger charge is 2.16. The van der Waals surface area contributed by atoms with Crippen LogP contribution in [0.2, 0.25) is 0 Å². The van der Waals surface area contributed by atoms with Gasteiger partial charge in [-0.05, 0) is 48.4 Å². The van der Waals surface area contributed by atoms with E-state index in [0.29, 0.717) is 5.92 Å². The van der Waals surface area contributed by atoms with E-state index in [9.17, 15) is 0 Å². The van der Waals surface area contributed by atoms with Gasteiger partial charge in [0.1, 0.15) is 0 Å². The molecule has 3 N–H and O–H groups in total. The Hall–Kier alpha value is -0.860. The lowest BCUT2D eigenvalue weighted by molar-refractivity contribution is 0.549. The average molecular weight is 232 g/mol. The number of benzene rings is 1. The average Bonchev–Trinajstić information content (AvgIpc) is 2.29. The highest BCUT2D eigenvalue weighted by Crippen LogP contribution is 2.28. The van der Waals surface area contributed by atoms with Gasteiger partial charge in [0.25, 0.3) is 0 Å².